The van der Waals surface area contributed by atoms with Crippen LogP contribution in [-0.4, -0.2) is 47.4 Å². The first-order valence-corrected chi connectivity index (χ1v) is 39.3. The van der Waals surface area contributed by atoms with Gasteiger partial charge in [-0.15, -0.1) is 0 Å². The Hall–Kier alpha value is -1.92. The van der Waals surface area contributed by atoms with E-state index in [9.17, 15) is 19.8 Å². The number of hydrogen-bond acceptors (Lipinski definition) is 5. The van der Waals surface area contributed by atoms with Crippen molar-refractivity contribution in [1.29, 1.82) is 0 Å². The van der Waals surface area contributed by atoms with Gasteiger partial charge in [0.2, 0.25) is 5.91 Å². The normalized spacial score (nSPS) is 12.7. The van der Waals surface area contributed by atoms with E-state index in [4.69, 9.17) is 4.74 Å². The fourth-order valence-electron chi connectivity index (χ4n) is 12.4. The number of amides is 1. The predicted molar refractivity (Wildman–Crippen MR) is 379 cm³/mol. The quantitative estimate of drug-likeness (QED) is 0.0320. The van der Waals surface area contributed by atoms with Gasteiger partial charge >= 0.3 is 5.97 Å². The van der Waals surface area contributed by atoms with E-state index in [1.165, 1.54) is 360 Å². The van der Waals surface area contributed by atoms with Gasteiger partial charge in [0.15, 0.2) is 0 Å². The molecule has 6 heteroatoms. The molecule has 86 heavy (non-hydrogen) atoms. The highest BCUT2D eigenvalue weighted by molar-refractivity contribution is 5.76. The average molecular weight is 1210 g/mol. The molecule has 0 aromatic rings. The number of carbonyl (C=O) groups is 2. The molecule has 0 spiro atoms. The van der Waals surface area contributed by atoms with Crippen LogP contribution in [0.15, 0.2) is 36.5 Å². The Morgan fingerprint density at radius 3 is 0.907 bits per heavy atom. The summed E-state index contributed by atoms with van der Waals surface area (Å²) in [6.45, 7) is 4.91. The molecular weight excluding hydrogens is 1050 g/mol. The summed E-state index contributed by atoms with van der Waals surface area (Å²) in [6.07, 6.45) is 98.4. The van der Waals surface area contributed by atoms with Gasteiger partial charge in [0.05, 0.1) is 25.4 Å². The molecule has 0 aromatic heterocycles. The molecule has 2 unspecified atom stereocenters. The number of unbranched alkanes of at least 4 members (excludes halogenated alkanes) is 59. The van der Waals surface area contributed by atoms with Crippen LogP contribution in [-0.2, 0) is 14.3 Å². The van der Waals surface area contributed by atoms with Crippen LogP contribution in [0.2, 0.25) is 0 Å². The Bertz CT molecular complexity index is 1390. The Balaban J connectivity index is 3.32. The maximum atomic E-state index is 12.5. The van der Waals surface area contributed by atoms with Crippen LogP contribution in [0.25, 0.3) is 0 Å². The van der Waals surface area contributed by atoms with Crippen molar-refractivity contribution in [3.8, 4) is 0 Å². The Morgan fingerprint density at radius 2 is 0.581 bits per heavy atom. The van der Waals surface area contributed by atoms with Crippen molar-refractivity contribution in [1.82, 2.24) is 5.32 Å². The van der Waals surface area contributed by atoms with Crippen molar-refractivity contribution in [3.05, 3.63) is 36.5 Å². The van der Waals surface area contributed by atoms with E-state index in [1.54, 1.807) is 6.08 Å². The molecule has 0 aliphatic carbocycles. The number of aliphatic hydroxyl groups excluding tert-OH is 2. The number of nitrogens with one attached hydrogen (secondary N) is 1. The zero-order valence-corrected chi connectivity index (χ0v) is 58.3. The zero-order valence-electron chi connectivity index (χ0n) is 58.3. The fourth-order valence-corrected chi connectivity index (χ4v) is 12.4. The van der Waals surface area contributed by atoms with E-state index in [-0.39, 0.29) is 18.5 Å². The van der Waals surface area contributed by atoms with E-state index in [2.05, 4.69) is 43.5 Å². The third kappa shape index (κ3) is 71.2. The summed E-state index contributed by atoms with van der Waals surface area (Å²) in [5.74, 6) is -0.0492. The number of allylic oxidation sites excluding steroid dienone is 5. The number of hydrogen-bond donors (Lipinski definition) is 3. The van der Waals surface area contributed by atoms with Crippen LogP contribution in [0.4, 0.5) is 0 Å². The minimum absolute atomic E-state index is 0.00962. The molecule has 0 aliphatic rings. The summed E-state index contributed by atoms with van der Waals surface area (Å²) in [5.41, 5.74) is 0. The van der Waals surface area contributed by atoms with E-state index in [0.717, 1.165) is 51.4 Å². The molecule has 0 aliphatic heterocycles. The molecule has 0 aromatic carbocycles. The van der Waals surface area contributed by atoms with Gasteiger partial charge in [0, 0.05) is 12.8 Å². The molecule has 1 amide bonds. The van der Waals surface area contributed by atoms with Gasteiger partial charge in [-0.3, -0.25) is 9.59 Å². The third-order valence-electron chi connectivity index (χ3n) is 18.4. The second-order valence-corrected chi connectivity index (χ2v) is 27.0. The molecule has 6 nitrogen and oxygen atoms in total. The SMILES string of the molecule is CCCCC/C=C\C/C=C\CCCCCCCC(=O)OCCCCCCCCCCCCCCCCCCCCCCCCCCCCCCCCCCCCCCCC(=O)NC(CO)C(O)/C=C/CCCCCCCCCCCCCCCCC. The highest BCUT2D eigenvalue weighted by atomic mass is 16.5. The first-order chi connectivity index (χ1) is 42.5. The minimum atomic E-state index is -0.841. The van der Waals surface area contributed by atoms with Crippen LogP contribution in [0.5, 0.6) is 0 Å². The van der Waals surface area contributed by atoms with Crippen LogP contribution >= 0.6 is 0 Å². The van der Waals surface area contributed by atoms with Crippen LogP contribution < -0.4 is 5.32 Å². The van der Waals surface area contributed by atoms with Crippen molar-refractivity contribution in [2.75, 3.05) is 13.2 Å². The number of ether oxygens (including phenoxy) is 1. The molecule has 3 N–H and O–H groups in total. The van der Waals surface area contributed by atoms with Crippen molar-refractivity contribution in [3.63, 3.8) is 0 Å². The van der Waals surface area contributed by atoms with Crippen LogP contribution in [0, 0.1) is 0 Å². The maximum absolute atomic E-state index is 12.5. The molecule has 508 valence electrons. The first kappa shape index (κ1) is 84.1. The Kier molecular flexibility index (Phi) is 73.9. The molecule has 2 atom stereocenters. The molecular formula is C80H153NO5. The van der Waals surface area contributed by atoms with Crippen molar-refractivity contribution in [2.24, 2.45) is 0 Å². The smallest absolute Gasteiger partial charge is 0.305 e. The van der Waals surface area contributed by atoms with Crippen molar-refractivity contribution >= 4 is 11.9 Å². The highest BCUT2D eigenvalue weighted by Crippen LogP contribution is 2.20. The number of rotatable bonds is 74. The van der Waals surface area contributed by atoms with Gasteiger partial charge in [-0.05, 0) is 64.2 Å². The molecule has 0 saturated heterocycles. The molecule has 0 bridgehead atoms. The zero-order chi connectivity index (χ0) is 62.0. The lowest BCUT2D eigenvalue weighted by molar-refractivity contribution is -0.143. The van der Waals surface area contributed by atoms with Gasteiger partial charge in [-0.1, -0.05) is 397 Å². The molecule has 0 rings (SSSR count). The lowest BCUT2D eigenvalue weighted by Crippen LogP contribution is -2.45. The molecule has 0 radical (unpaired) electrons. The van der Waals surface area contributed by atoms with Gasteiger partial charge in [0.25, 0.3) is 0 Å². The van der Waals surface area contributed by atoms with Crippen molar-refractivity contribution < 1.29 is 24.5 Å². The standard InChI is InChI=1S/C80H153NO5/c1-3-5-7-9-11-13-15-17-19-41-45-48-52-56-60-64-68-72-78(83)77(76-82)81-79(84)73-69-65-61-57-53-49-46-42-39-37-35-33-31-29-27-25-23-21-20-22-24-26-28-30-32-34-36-38-40-43-47-51-55-59-63-67-71-75-86-80(85)74-70-66-62-58-54-50-44-18-16-14-12-10-8-6-4-2/h12,14,18,44,68,72,77-78,82-83H,3-11,13,15-17,19-43,45-67,69-71,73-76H2,1-2H3,(H,81,84)/b14-12-,44-18-,72-68+. The number of aliphatic hydroxyl groups is 2. The lowest BCUT2D eigenvalue weighted by Gasteiger charge is -2.20. The van der Waals surface area contributed by atoms with Crippen LogP contribution in [0.1, 0.15) is 438 Å². The van der Waals surface area contributed by atoms with E-state index in [0.29, 0.717) is 19.4 Å². The summed E-state index contributed by atoms with van der Waals surface area (Å²) < 4.78 is 5.49. The number of esters is 1. The second-order valence-electron chi connectivity index (χ2n) is 27.0. The summed E-state index contributed by atoms with van der Waals surface area (Å²) >= 11 is 0. The number of carbonyl (C=O) groups excluding carboxylic acids is 2. The predicted octanol–water partition coefficient (Wildman–Crippen LogP) is 25.8. The highest BCUT2D eigenvalue weighted by Gasteiger charge is 2.18. The van der Waals surface area contributed by atoms with E-state index in [1.807, 2.05) is 6.08 Å². The Labute approximate surface area is 538 Å². The molecule has 0 fully saturated rings. The molecule has 0 saturated carbocycles. The van der Waals surface area contributed by atoms with Gasteiger partial charge in [-0.25, -0.2) is 0 Å². The minimum Gasteiger partial charge on any atom is -0.466 e. The largest absolute Gasteiger partial charge is 0.466 e. The van der Waals surface area contributed by atoms with E-state index < -0.39 is 12.1 Å². The molecule has 0 heterocycles. The maximum Gasteiger partial charge on any atom is 0.305 e. The fraction of sp³-hybridized carbons (Fsp3) is 0.900. The Morgan fingerprint density at radius 1 is 0.326 bits per heavy atom. The van der Waals surface area contributed by atoms with E-state index >= 15 is 0 Å². The topological polar surface area (TPSA) is 95.9 Å². The van der Waals surface area contributed by atoms with Gasteiger partial charge in [-0.2, -0.15) is 0 Å². The lowest BCUT2D eigenvalue weighted by atomic mass is 10.0. The third-order valence-corrected chi connectivity index (χ3v) is 18.4. The summed E-state index contributed by atoms with van der Waals surface area (Å²) in [5, 5.41) is 23.2. The van der Waals surface area contributed by atoms with Crippen molar-refractivity contribution in [2.45, 2.75) is 450 Å². The summed E-state index contributed by atoms with van der Waals surface area (Å²) in [6, 6.07) is -0.624. The second kappa shape index (κ2) is 75.5. The monoisotopic (exact) mass is 1210 g/mol. The summed E-state index contributed by atoms with van der Waals surface area (Å²) in [7, 11) is 0. The first-order valence-electron chi connectivity index (χ1n) is 39.3. The summed E-state index contributed by atoms with van der Waals surface area (Å²) in [4.78, 5) is 24.6. The van der Waals surface area contributed by atoms with Crippen LogP contribution in [0.3, 0.4) is 0 Å². The van der Waals surface area contributed by atoms with Gasteiger partial charge in [0.1, 0.15) is 0 Å². The van der Waals surface area contributed by atoms with Gasteiger partial charge < -0.3 is 20.3 Å². The average Bonchev–Trinajstić information content (AvgIpc) is 3.59.